The average molecular weight is 419 g/mol. The lowest BCUT2D eigenvalue weighted by molar-refractivity contribution is -0.140. The van der Waals surface area contributed by atoms with E-state index in [2.05, 4.69) is 0 Å². The lowest BCUT2D eigenvalue weighted by Gasteiger charge is -2.27. The number of carbonyl (C=O) groups is 2. The molecule has 2 aromatic rings. The number of nitrogens with zero attached hydrogens (tertiary/aromatic N) is 1. The third-order valence-electron chi connectivity index (χ3n) is 6.25. The average Bonchev–Trinajstić information content (AvgIpc) is 3.48. The number of ether oxygens (including phenoxy) is 2. The zero-order valence-corrected chi connectivity index (χ0v) is 17.4. The molecule has 2 aromatic carbocycles. The third-order valence-corrected chi connectivity index (χ3v) is 6.25. The summed E-state index contributed by atoms with van der Waals surface area (Å²) in [5.74, 6) is -0.606. The molecular weight excluding hydrogens is 394 g/mol. The second-order valence-electron chi connectivity index (χ2n) is 8.45. The van der Waals surface area contributed by atoms with E-state index in [-0.39, 0.29) is 23.5 Å². The van der Waals surface area contributed by atoms with Crippen molar-refractivity contribution in [2.75, 3.05) is 13.2 Å². The molecule has 3 atom stereocenters. The van der Waals surface area contributed by atoms with Crippen molar-refractivity contribution in [3.8, 4) is 5.75 Å². The Hall–Kier alpha value is -3.12. The van der Waals surface area contributed by atoms with E-state index in [1.165, 1.54) is 0 Å². The fraction of sp³-hybridized carbons (Fsp3) is 0.360. The highest BCUT2D eigenvalue weighted by molar-refractivity contribution is 6.46. The van der Waals surface area contributed by atoms with E-state index in [1.807, 2.05) is 49.4 Å². The van der Waals surface area contributed by atoms with E-state index in [0.717, 1.165) is 36.1 Å². The Kier molecular flexibility index (Phi) is 5.02. The van der Waals surface area contributed by atoms with Crippen LogP contribution in [0.15, 0.2) is 54.1 Å². The van der Waals surface area contributed by atoms with Gasteiger partial charge in [-0.15, -0.1) is 0 Å². The highest BCUT2D eigenvalue weighted by Crippen LogP contribution is 2.41. The predicted octanol–water partition coefficient (Wildman–Crippen LogP) is 3.61. The summed E-state index contributed by atoms with van der Waals surface area (Å²) in [5.41, 5.74) is 2.43. The van der Waals surface area contributed by atoms with Gasteiger partial charge < -0.3 is 19.5 Å². The topological polar surface area (TPSA) is 76.1 Å². The van der Waals surface area contributed by atoms with Crippen molar-refractivity contribution in [2.45, 2.75) is 44.4 Å². The molecule has 6 nitrogen and oxygen atoms in total. The molecule has 0 aliphatic carbocycles. The molecule has 2 fully saturated rings. The molecule has 0 unspecified atom stereocenters. The number of amides is 1. The van der Waals surface area contributed by atoms with Crippen LogP contribution < -0.4 is 4.74 Å². The van der Waals surface area contributed by atoms with Gasteiger partial charge in [0.2, 0.25) is 0 Å². The number of ketones is 1. The van der Waals surface area contributed by atoms with Crippen molar-refractivity contribution in [2.24, 2.45) is 0 Å². The normalized spacial score (nSPS) is 26.9. The second kappa shape index (κ2) is 7.85. The largest absolute Gasteiger partial charge is 0.507 e. The molecule has 3 aliphatic heterocycles. The van der Waals surface area contributed by atoms with Crippen LogP contribution in [-0.4, -0.2) is 47.1 Å². The highest BCUT2D eigenvalue weighted by atomic mass is 16.5. The summed E-state index contributed by atoms with van der Waals surface area (Å²) in [6.07, 6.45) is 2.52. The maximum absolute atomic E-state index is 13.1. The van der Waals surface area contributed by atoms with Crippen LogP contribution in [0.5, 0.6) is 5.75 Å². The number of likely N-dealkylation sites (tertiary alicyclic amines) is 1. The van der Waals surface area contributed by atoms with Gasteiger partial charge in [-0.05, 0) is 49.1 Å². The number of carbonyl (C=O) groups excluding carboxylic acids is 2. The molecule has 3 aliphatic rings. The molecule has 0 spiro atoms. The summed E-state index contributed by atoms with van der Waals surface area (Å²) in [4.78, 5) is 27.7. The molecule has 0 saturated carbocycles. The summed E-state index contributed by atoms with van der Waals surface area (Å²) in [6.45, 7) is 2.99. The van der Waals surface area contributed by atoms with Crippen molar-refractivity contribution in [3.63, 3.8) is 0 Å². The lowest BCUT2D eigenvalue weighted by Crippen LogP contribution is -2.36. The van der Waals surface area contributed by atoms with E-state index in [1.54, 1.807) is 11.0 Å². The van der Waals surface area contributed by atoms with E-state index in [0.29, 0.717) is 18.7 Å². The van der Waals surface area contributed by atoms with Crippen LogP contribution in [0.25, 0.3) is 5.76 Å². The maximum atomic E-state index is 13.1. The van der Waals surface area contributed by atoms with E-state index in [4.69, 9.17) is 9.47 Å². The van der Waals surface area contributed by atoms with E-state index >= 15 is 0 Å². The quantitative estimate of drug-likeness (QED) is 0.466. The van der Waals surface area contributed by atoms with Crippen molar-refractivity contribution < 1.29 is 24.2 Å². The zero-order chi connectivity index (χ0) is 21.5. The van der Waals surface area contributed by atoms with Gasteiger partial charge in [0.25, 0.3) is 11.7 Å². The molecule has 0 aromatic heterocycles. The third kappa shape index (κ3) is 3.51. The molecule has 31 heavy (non-hydrogen) atoms. The van der Waals surface area contributed by atoms with Crippen molar-refractivity contribution >= 4 is 17.4 Å². The number of aliphatic hydroxyl groups excluding tert-OH is 1. The van der Waals surface area contributed by atoms with Crippen LogP contribution in [0.2, 0.25) is 0 Å². The first kappa shape index (κ1) is 19.8. The maximum Gasteiger partial charge on any atom is 0.295 e. The van der Waals surface area contributed by atoms with Gasteiger partial charge in [0.1, 0.15) is 17.6 Å². The Morgan fingerprint density at radius 3 is 2.71 bits per heavy atom. The smallest absolute Gasteiger partial charge is 0.295 e. The predicted molar refractivity (Wildman–Crippen MR) is 115 cm³/mol. The monoisotopic (exact) mass is 419 g/mol. The van der Waals surface area contributed by atoms with E-state index in [9.17, 15) is 14.7 Å². The Bertz CT molecular complexity index is 1050. The number of fused-ring (bicyclic) bond motifs is 1. The number of hydrogen-bond donors (Lipinski definition) is 1. The van der Waals surface area contributed by atoms with Crippen molar-refractivity contribution in [3.05, 3.63) is 70.8 Å². The Labute approximate surface area is 181 Å². The van der Waals surface area contributed by atoms with Gasteiger partial charge in [0, 0.05) is 25.1 Å². The standard InChI is InChI=1S/C25H25NO5/c1-15-12-18-13-17(9-10-20(18)31-15)23(27)21-22(16-6-3-2-4-7-16)26(25(29)24(21)28)14-19-8-5-11-30-19/h2-4,6-7,9-10,13,15,19,22,27H,5,8,11-12,14H2,1H3/t15-,19-,22-/m0/s1. The van der Waals surface area contributed by atoms with Crippen molar-refractivity contribution in [1.82, 2.24) is 4.90 Å². The van der Waals surface area contributed by atoms with Crippen LogP contribution in [0.1, 0.15) is 42.5 Å². The van der Waals surface area contributed by atoms with Gasteiger partial charge in [-0.2, -0.15) is 0 Å². The molecule has 3 heterocycles. The second-order valence-corrected chi connectivity index (χ2v) is 8.45. The Morgan fingerprint density at radius 2 is 1.97 bits per heavy atom. The first-order chi connectivity index (χ1) is 15.0. The number of aliphatic hydroxyl groups is 1. The highest BCUT2D eigenvalue weighted by Gasteiger charge is 2.47. The molecule has 1 amide bonds. The van der Waals surface area contributed by atoms with Gasteiger partial charge >= 0.3 is 0 Å². The minimum Gasteiger partial charge on any atom is -0.507 e. The lowest BCUT2D eigenvalue weighted by atomic mass is 9.94. The number of hydrogen-bond acceptors (Lipinski definition) is 5. The molecular formula is C25H25NO5. The van der Waals surface area contributed by atoms with Gasteiger partial charge in [0.05, 0.1) is 17.7 Å². The number of rotatable bonds is 4. The van der Waals surface area contributed by atoms with Crippen LogP contribution in [0.3, 0.4) is 0 Å². The molecule has 0 bridgehead atoms. The molecule has 0 radical (unpaired) electrons. The fourth-order valence-corrected chi connectivity index (χ4v) is 4.78. The molecule has 5 rings (SSSR count). The number of Topliss-reactive ketones (excluding diaryl/α,β-unsaturated/α-hetero) is 1. The summed E-state index contributed by atoms with van der Waals surface area (Å²) in [5, 5.41) is 11.2. The van der Waals surface area contributed by atoms with E-state index < -0.39 is 17.7 Å². The SMILES string of the molecule is C[C@H]1Cc2cc(C(O)=C3C(=O)C(=O)N(C[C@@H]4CCCO4)[C@H]3c3ccccc3)ccc2O1. The summed E-state index contributed by atoms with van der Waals surface area (Å²) >= 11 is 0. The van der Waals surface area contributed by atoms with Crippen LogP contribution in [0, 0.1) is 0 Å². The van der Waals surface area contributed by atoms with Gasteiger partial charge in [-0.25, -0.2) is 0 Å². The number of benzene rings is 2. The first-order valence-corrected chi connectivity index (χ1v) is 10.8. The van der Waals surface area contributed by atoms with Gasteiger partial charge in [-0.1, -0.05) is 30.3 Å². The van der Waals surface area contributed by atoms with Gasteiger partial charge in [-0.3, -0.25) is 9.59 Å². The molecule has 2 saturated heterocycles. The van der Waals surface area contributed by atoms with Crippen LogP contribution in [0.4, 0.5) is 0 Å². The van der Waals surface area contributed by atoms with Gasteiger partial charge in [0.15, 0.2) is 0 Å². The fourth-order valence-electron chi connectivity index (χ4n) is 4.78. The van der Waals surface area contributed by atoms with Crippen LogP contribution >= 0.6 is 0 Å². The minimum absolute atomic E-state index is 0.0775. The minimum atomic E-state index is -0.658. The summed E-state index contributed by atoms with van der Waals surface area (Å²) in [7, 11) is 0. The molecule has 1 N–H and O–H groups in total. The Balaban J connectivity index is 1.59. The first-order valence-electron chi connectivity index (χ1n) is 10.8. The molecule has 6 heteroatoms. The zero-order valence-electron chi connectivity index (χ0n) is 17.4. The van der Waals surface area contributed by atoms with Crippen LogP contribution in [-0.2, 0) is 20.7 Å². The molecule has 160 valence electrons. The van der Waals surface area contributed by atoms with Crippen molar-refractivity contribution in [1.29, 1.82) is 0 Å². The summed E-state index contributed by atoms with van der Waals surface area (Å²) in [6, 6.07) is 14.1. The Morgan fingerprint density at radius 1 is 1.16 bits per heavy atom. The summed E-state index contributed by atoms with van der Waals surface area (Å²) < 4.78 is 11.5.